The van der Waals surface area contributed by atoms with E-state index in [9.17, 15) is 5.11 Å². The van der Waals surface area contributed by atoms with Crippen molar-refractivity contribution < 1.29 is 9.84 Å². The van der Waals surface area contributed by atoms with Gasteiger partial charge in [-0.3, -0.25) is 0 Å². The molecule has 0 saturated heterocycles. The molecule has 0 aromatic heterocycles. The Kier molecular flexibility index (Phi) is 5.71. The van der Waals surface area contributed by atoms with Crippen molar-refractivity contribution in [2.75, 3.05) is 7.11 Å². The molecule has 0 aliphatic heterocycles. The minimum atomic E-state index is -0.286. The first-order valence-electron chi connectivity index (χ1n) is 8.86. The molecular weight excluding hydrogens is 296 g/mol. The number of aliphatic hydroxyl groups excluding tert-OH is 1. The zero-order chi connectivity index (χ0) is 16.8. The van der Waals surface area contributed by atoms with Crippen LogP contribution in [0, 0.1) is 0 Å². The highest BCUT2D eigenvalue weighted by atomic mass is 16.5. The lowest BCUT2D eigenvalue weighted by molar-refractivity contribution is 0.179. The van der Waals surface area contributed by atoms with Gasteiger partial charge in [0, 0.05) is 0 Å². The van der Waals surface area contributed by atoms with Gasteiger partial charge in [0.05, 0.1) is 13.2 Å². The van der Waals surface area contributed by atoms with E-state index in [1.807, 2.05) is 12.1 Å². The van der Waals surface area contributed by atoms with Crippen molar-refractivity contribution in [3.05, 3.63) is 71.3 Å². The largest absolute Gasteiger partial charge is 0.497 e. The van der Waals surface area contributed by atoms with Crippen LogP contribution in [0.4, 0.5) is 0 Å². The Morgan fingerprint density at radius 1 is 1.04 bits per heavy atom. The van der Waals surface area contributed by atoms with E-state index in [2.05, 4.69) is 42.5 Å². The molecule has 1 N–H and O–H groups in total. The summed E-state index contributed by atoms with van der Waals surface area (Å²) in [7, 11) is 1.69. The summed E-state index contributed by atoms with van der Waals surface area (Å²) in [6.45, 7) is 0. The average molecular weight is 322 g/mol. The number of aryl methyl sites for hydroxylation is 1. The van der Waals surface area contributed by atoms with Gasteiger partial charge in [0.2, 0.25) is 0 Å². The molecule has 0 radical (unpaired) electrons. The van der Waals surface area contributed by atoms with E-state index >= 15 is 0 Å². The van der Waals surface area contributed by atoms with Crippen molar-refractivity contribution in [1.82, 2.24) is 0 Å². The molecule has 1 unspecified atom stereocenters. The van der Waals surface area contributed by atoms with Crippen LogP contribution in [0.15, 0.2) is 60.2 Å². The normalized spacial score (nSPS) is 19.8. The zero-order valence-electron chi connectivity index (χ0n) is 14.4. The van der Waals surface area contributed by atoms with Crippen molar-refractivity contribution in [2.24, 2.45) is 0 Å². The number of hydrogen-bond acceptors (Lipinski definition) is 2. The maximum atomic E-state index is 10.5. The lowest BCUT2D eigenvalue weighted by atomic mass is 9.84. The summed E-state index contributed by atoms with van der Waals surface area (Å²) in [6, 6.07) is 18.8. The molecule has 126 valence electrons. The van der Waals surface area contributed by atoms with E-state index in [0.717, 1.165) is 37.9 Å². The van der Waals surface area contributed by atoms with Crippen molar-refractivity contribution in [1.29, 1.82) is 0 Å². The molecule has 0 amide bonds. The minimum absolute atomic E-state index is 0.286. The summed E-state index contributed by atoms with van der Waals surface area (Å²) in [6.07, 6.45) is 5.88. The lowest BCUT2D eigenvalue weighted by Gasteiger charge is -2.25. The van der Waals surface area contributed by atoms with Crippen molar-refractivity contribution >= 4 is 5.57 Å². The van der Waals surface area contributed by atoms with Crippen LogP contribution >= 0.6 is 0 Å². The topological polar surface area (TPSA) is 29.5 Å². The highest BCUT2D eigenvalue weighted by Crippen LogP contribution is 2.34. The van der Waals surface area contributed by atoms with E-state index in [4.69, 9.17) is 4.74 Å². The molecule has 0 bridgehead atoms. The molecule has 3 rings (SSSR count). The molecule has 2 heteroatoms. The average Bonchev–Trinajstić information content (AvgIpc) is 2.64. The third kappa shape index (κ3) is 4.07. The standard InChI is InChI=1S/C22H26O2/c1-24-19-14-12-18(13-15-19)20(21-9-5-6-10-22(21)23)16-11-17-7-3-2-4-8-17/h2-4,7-8,12-15,22-23H,5-6,9-11,16H2,1H3/b21-20-. The second kappa shape index (κ2) is 8.16. The molecule has 1 fully saturated rings. The molecule has 2 nitrogen and oxygen atoms in total. The van der Waals surface area contributed by atoms with Crippen LogP contribution in [0.1, 0.15) is 43.2 Å². The molecule has 0 spiro atoms. The van der Waals surface area contributed by atoms with Gasteiger partial charge in [0.15, 0.2) is 0 Å². The molecule has 1 aliphatic carbocycles. The number of hydrogen-bond donors (Lipinski definition) is 1. The predicted octanol–water partition coefficient (Wildman–Crippen LogP) is 5.02. The SMILES string of the molecule is COc1ccc(/C(CCc2ccccc2)=C2/CCCCC2O)cc1. The Hall–Kier alpha value is -2.06. The zero-order valence-corrected chi connectivity index (χ0v) is 14.4. The third-order valence-electron chi connectivity index (χ3n) is 4.91. The third-order valence-corrected chi connectivity index (χ3v) is 4.91. The van der Waals surface area contributed by atoms with Crippen LogP contribution in [-0.4, -0.2) is 18.3 Å². The second-order valence-corrected chi connectivity index (χ2v) is 6.48. The van der Waals surface area contributed by atoms with Crippen LogP contribution in [-0.2, 0) is 6.42 Å². The number of aliphatic hydroxyl groups is 1. The summed E-state index contributed by atoms with van der Waals surface area (Å²) in [5.41, 5.74) is 5.10. The van der Waals surface area contributed by atoms with Gasteiger partial charge < -0.3 is 9.84 Å². The first-order valence-corrected chi connectivity index (χ1v) is 8.86. The molecule has 1 aliphatic rings. The first-order chi connectivity index (χ1) is 11.8. The van der Waals surface area contributed by atoms with E-state index in [1.54, 1.807) is 7.11 Å². The summed E-state index contributed by atoms with van der Waals surface area (Å²) in [4.78, 5) is 0. The number of rotatable bonds is 5. The Morgan fingerprint density at radius 2 is 1.79 bits per heavy atom. The van der Waals surface area contributed by atoms with E-state index in [-0.39, 0.29) is 6.10 Å². The van der Waals surface area contributed by atoms with Crippen LogP contribution in [0.5, 0.6) is 5.75 Å². The van der Waals surface area contributed by atoms with Gasteiger partial charge in [-0.15, -0.1) is 0 Å². The van der Waals surface area contributed by atoms with E-state index in [1.165, 1.54) is 28.7 Å². The quantitative estimate of drug-likeness (QED) is 0.838. The van der Waals surface area contributed by atoms with Gasteiger partial charge in [0.25, 0.3) is 0 Å². The first kappa shape index (κ1) is 16.8. The van der Waals surface area contributed by atoms with Crippen LogP contribution in [0.2, 0.25) is 0 Å². The van der Waals surface area contributed by atoms with Crippen LogP contribution < -0.4 is 4.74 Å². The van der Waals surface area contributed by atoms with E-state index < -0.39 is 0 Å². The summed E-state index contributed by atoms with van der Waals surface area (Å²) in [5, 5.41) is 10.5. The monoisotopic (exact) mass is 322 g/mol. The minimum Gasteiger partial charge on any atom is -0.497 e. The maximum absolute atomic E-state index is 10.5. The fraction of sp³-hybridized carbons (Fsp3) is 0.364. The predicted molar refractivity (Wildman–Crippen MR) is 99.2 cm³/mol. The maximum Gasteiger partial charge on any atom is 0.118 e. The molecule has 0 heterocycles. The van der Waals surface area contributed by atoms with Crippen molar-refractivity contribution in [3.63, 3.8) is 0 Å². The number of benzene rings is 2. The van der Waals surface area contributed by atoms with Crippen LogP contribution in [0.3, 0.4) is 0 Å². The number of allylic oxidation sites excluding steroid dienone is 1. The van der Waals surface area contributed by atoms with Gasteiger partial charge >= 0.3 is 0 Å². The Labute approximate surface area is 144 Å². The van der Waals surface area contributed by atoms with Crippen molar-refractivity contribution in [2.45, 2.75) is 44.6 Å². The van der Waals surface area contributed by atoms with Crippen molar-refractivity contribution in [3.8, 4) is 5.75 Å². The number of methoxy groups -OCH3 is 1. The fourth-order valence-corrected chi connectivity index (χ4v) is 3.54. The lowest BCUT2D eigenvalue weighted by Crippen LogP contribution is -2.17. The highest BCUT2D eigenvalue weighted by Gasteiger charge is 2.20. The van der Waals surface area contributed by atoms with E-state index in [0.29, 0.717) is 0 Å². The summed E-state index contributed by atoms with van der Waals surface area (Å²) >= 11 is 0. The summed E-state index contributed by atoms with van der Waals surface area (Å²) < 4.78 is 5.28. The van der Waals surface area contributed by atoms with Gasteiger partial charge in [-0.1, -0.05) is 48.9 Å². The van der Waals surface area contributed by atoms with Gasteiger partial charge in [-0.25, -0.2) is 0 Å². The van der Waals surface area contributed by atoms with Gasteiger partial charge in [-0.05, 0) is 66.5 Å². The van der Waals surface area contributed by atoms with Crippen LogP contribution in [0.25, 0.3) is 5.57 Å². The van der Waals surface area contributed by atoms with Gasteiger partial charge in [-0.2, -0.15) is 0 Å². The molecule has 1 saturated carbocycles. The molecule has 2 aromatic rings. The van der Waals surface area contributed by atoms with Gasteiger partial charge in [0.1, 0.15) is 5.75 Å². The molecule has 24 heavy (non-hydrogen) atoms. The Bertz CT molecular complexity index is 671. The second-order valence-electron chi connectivity index (χ2n) is 6.48. The Morgan fingerprint density at radius 3 is 2.46 bits per heavy atom. The summed E-state index contributed by atoms with van der Waals surface area (Å²) in [5.74, 6) is 0.871. The Balaban J connectivity index is 1.89. The molecule has 1 atom stereocenters. The highest BCUT2D eigenvalue weighted by molar-refractivity contribution is 5.70. The molecular formula is C22H26O2. The smallest absolute Gasteiger partial charge is 0.118 e. The number of ether oxygens (including phenoxy) is 1. The molecule has 2 aromatic carbocycles. The fourth-order valence-electron chi connectivity index (χ4n) is 3.54.